The second kappa shape index (κ2) is 7.45. The third kappa shape index (κ3) is 4.77. The van der Waals surface area contributed by atoms with Crippen LogP contribution in [0.4, 0.5) is 14.9 Å². The van der Waals surface area contributed by atoms with Gasteiger partial charge in [-0.3, -0.25) is 0 Å². The van der Waals surface area contributed by atoms with Crippen molar-refractivity contribution >= 4 is 11.7 Å². The van der Waals surface area contributed by atoms with Gasteiger partial charge in [0.05, 0.1) is 6.54 Å². The number of aryl methyl sites for hydroxylation is 1. The molecule has 0 aromatic heterocycles. The first-order chi connectivity index (χ1) is 10.5. The molecule has 0 aliphatic carbocycles. The Kier molecular flexibility index (Phi) is 5.36. The van der Waals surface area contributed by atoms with Crippen LogP contribution in [0.3, 0.4) is 0 Å². The van der Waals surface area contributed by atoms with Crippen molar-refractivity contribution in [2.24, 2.45) is 0 Å². The van der Waals surface area contributed by atoms with Gasteiger partial charge in [0.2, 0.25) is 0 Å². The summed E-state index contributed by atoms with van der Waals surface area (Å²) in [6.07, 6.45) is 0. The van der Waals surface area contributed by atoms with Crippen LogP contribution in [-0.4, -0.2) is 31.1 Å². The van der Waals surface area contributed by atoms with Gasteiger partial charge in [-0.2, -0.15) is 0 Å². The standard InChI is InChI=1S/C17H19FN2O2/c1-13-4-3-5-15(12-13)19-17(21)20(2)10-11-22-16-8-6-14(18)7-9-16/h3-9,12H,10-11H2,1-2H3,(H,19,21). The van der Waals surface area contributed by atoms with Crippen molar-refractivity contribution in [1.29, 1.82) is 0 Å². The van der Waals surface area contributed by atoms with E-state index in [1.165, 1.54) is 17.0 Å². The minimum atomic E-state index is -0.304. The zero-order valence-corrected chi connectivity index (χ0v) is 12.7. The molecule has 2 aromatic rings. The molecule has 2 rings (SSSR count). The predicted octanol–water partition coefficient (Wildman–Crippen LogP) is 3.68. The molecule has 0 atom stereocenters. The Bertz CT molecular complexity index is 629. The zero-order valence-electron chi connectivity index (χ0n) is 12.7. The lowest BCUT2D eigenvalue weighted by atomic mass is 10.2. The van der Waals surface area contributed by atoms with Crippen LogP contribution in [-0.2, 0) is 0 Å². The van der Waals surface area contributed by atoms with Gasteiger partial charge in [-0.1, -0.05) is 12.1 Å². The fraction of sp³-hybridized carbons (Fsp3) is 0.235. The molecule has 5 heteroatoms. The molecular formula is C17H19FN2O2. The van der Waals surface area contributed by atoms with Crippen LogP contribution in [0.15, 0.2) is 48.5 Å². The highest BCUT2D eigenvalue weighted by atomic mass is 19.1. The van der Waals surface area contributed by atoms with Crippen molar-refractivity contribution in [1.82, 2.24) is 4.90 Å². The van der Waals surface area contributed by atoms with E-state index in [1.54, 1.807) is 19.2 Å². The van der Waals surface area contributed by atoms with Crippen LogP contribution < -0.4 is 10.1 Å². The fourth-order valence-electron chi connectivity index (χ4n) is 1.87. The van der Waals surface area contributed by atoms with Crippen molar-refractivity contribution in [2.45, 2.75) is 6.92 Å². The van der Waals surface area contributed by atoms with Gasteiger partial charge in [0.15, 0.2) is 0 Å². The molecule has 0 bridgehead atoms. The molecule has 2 amide bonds. The third-order valence-corrected chi connectivity index (χ3v) is 3.13. The molecule has 0 heterocycles. The first-order valence-electron chi connectivity index (χ1n) is 7.02. The van der Waals surface area contributed by atoms with Gasteiger partial charge in [-0.05, 0) is 48.9 Å². The van der Waals surface area contributed by atoms with Gasteiger partial charge < -0.3 is 15.0 Å². The Balaban J connectivity index is 1.77. The van der Waals surface area contributed by atoms with Gasteiger partial charge in [0.25, 0.3) is 0 Å². The maximum absolute atomic E-state index is 12.8. The normalized spacial score (nSPS) is 10.1. The summed E-state index contributed by atoms with van der Waals surface area (Å²) < 4.78 is 18.2. The summed E-state index contributed by atoms with van der Waals surface area (Å²) in [5.74, 6) is 0.274. The Morgan fingerprint density at radius 1 is 1.23 bits per heavy atom. The first kappa shape index (κ1) is 15.8. The molecule has 116 valence electrons. The summed E-state index contributed by atoms with van der Waals surface area (Å²) in [6.45, 7) is 2.73. The summed E-state index contributed by atoms with van der Waals surface area (Å²) in [5.41, 5.74) is 1.84. The average Bonchev–Trinajstić information content (AvgIpc) is 2.49. The van der Waals surface area contributed by atoms with Crippen LogP contribution in [0.5, 0.6) is 5.75 Å². The van der Waals surface area contributed by atoms with E-state index in [2.05, 4.69) is 5.32 Å². The molecular weight excluding hydrogens is 283 g/mol. The number of anilines is 1. The van der Waals surface area contributed by atoms with E-state index in [4.69, 9.17) is 4.74 Å². The number of carbonyl (C=O) groups is 1. The van der Waals surface area contributed by atoms with Gasteiger partial charge in [0, 0.05) is 12.7 Å². The van der Waals surface area contributed by atoms with E-state index < -0.39 is 0 Å². The monoisotopic (exact) mass is 302 g/mol. The number of hydrogen-bond acceptors (Lipinski definition) is 2. The quantitative estimate of drug-likeness (QED) is 0.915. The largest absolute Gasteiger partial charge is 0.492 e. The first-order valence-corrected chi connectivity index (χ1v) is 7.02. The highest BCUT2D eigenvalue weighted by Gasteiger charge is 2.08. The summed E-state index contributed by atoms with van der Waals surface area (Å²) in [5, 5.41) is 2.82. The minimum Gasteiger partial charge on any atom is -0.492 e. The summed E-state index contributed by atoms with van der Waals surface area (Å²) in [6, 6.07) is 13.2. The molecule has 0 spiro atoms. The molecule has 0 aliphatic rings. The summed E-state index contributed by atoms with van der Waals surface area (Å²) >= 11 is 0. The Labute approximate surface area is 129 Å². The lowest BCUT2D eigenvalue weighted by Crippen LogP contribution is -2.34. The molecule has 0 aliphatic heterocycles. The number of nitrogens with zero attached hydrogens (tertiary/aromatic N) is 1. The average molecular weight is 302 g/mol. The number of hydrogen-bond donors (Lipinski definition) is 1. The molecule has 0 fully saturated rings. The van der Waals surface area contributed by atoms with Gasteiger partial charge in [-0.25, -0.2) is 9.18 Å². The number of halogens is 1. The predicted molar refractivity (Wildman–Crippen MR) is 84.7 cm³/mol. The van der Waals surface area contributed by atoms with Crippen molar-refractivity contribution in [2.75, 3.05) is 25.5 Å². The third-order valence-electron chi connectivity index (χ3n) is 3.13. The van der Waals surface area contributed by atoms with Crippen LogP contribution >= 0.6 is 0 Å². The number of likely N-dealkylation sites (N-methyl/N-ethyl adjacent to an activating group) is 1. The van der Waals surface area contributed by atoms with Gasteiger partial charge in [-0.15, -0.1) is 0 Å². The van der Waals surface area contributed by atoms with E-state index in [-0.39, 0.29) is 11.8 Å². The highest BCUT2D eigenvalue weighted by molar-refractivity contribution is 5.89. The second-order valence-corrected chi connectivity index (χ2v) is 5.02. The number of ether oxygens (including phenoxy) is 1. The van der Waals surface area contributed by atoms with E-state index >= 15 is 0 Å². The fourth-order valence-corrected chi connectivity index (χ4v) is 1.87. The van der Waals surface area contributed by atoms with E-state index in [0.29, 0.717) is 18.9 Å². The smallest absolute Gasteiger partial charge is 0.321 e. The zero-order chi connectivity index (χ0) is 15.9. The molecule has 4 nitrogen and oxygen atoms in total. The number of urea groups is 1. The summed E-state index contributed by atoms with van der Waals surface area (Å²) in [7, 11) is 1.69. The lowest BCUT2D eigenvalue weighted by molar-refractivity contribution is 0.207. The van der Waals surface area contributed by atoms with Crippen LogP contribution in [0, 0.1) is 12.7 Å². The van der Waals surface area contributed by atoms with Crippen molar-refractivity contribution < 1.29 is 13.9 Å². The molecule has 1 N–H and O–H groups in total. The molecule has 2 aromatic carbocycles. The van der Waals surface area contributed by atoms with Crippen molar-refractivity contribution in [3.05, 3.63) is 59.9 Å². The minimum absolute atomic E-state index is 0.201. The Morgan fingerprint density at radius 3 is 2.64 bits per heavy atom. The lowest BCUT2D eigenvalue weighted by Gasteiger charge is -2.18. The van der Waals surface area contributed by atoms with Gasteiger partial charge >= 0.3 is 6.03 Å². The number of carbonyl (C=O) groups excluding carboxylic acids is 1. The molecule has 0 radical (unpaired) electrons. The van der Waals surface area contributed by atoms with Gasteiger partial charge in [0.1, 0.15) is 18.2 Å². The van der Waals surface area contributed by atoms with Crippen LogP contribution in [0.1, 0.15) is 5.56 Å². The molecule has 22 heavy (non-hydrogen) atoms. The van der Waals surface area contributed by atoms with Crippen molar-refractivity contribution in [3.8, 4) is 5.75 Å². The van der Waals surface area contributed by atoms with Crippen LogP contribution in [0.2, 0.25) is 0 Å². The maximum Gasteiger partial charge on any atom is 0.321 e. The van der Waals surface area contributed by atoms with Crippen LogP contribution in [0.25, 0.3) is 0 Å². The van der Waals surface area contributed by atoms with E-state index in [1.807, 2.05) is 31.2 Å². The highest BCUT2D eigenvalue weighted by Crippen LogP contribution is 2.12. The Hall–Kier alpha value is -2.56. The maximum atomic E-state index is 12.8. The molecule has 0 saturated heterocycles. The topological polar surface area (TPSA) is 41.6 Å². The Morgan fingerprint density at radius 2 is 1.95 bits per heavy atom. The number of amides is 2. The summed E-state index contributed by atoms with van der Waals surface area (Å²) in [4.78, 5) is 13.6. The number of benzene rings is 2. The second-order valence-electron chi connectivity index (χ2n) is 5.02. The molecule has 0 unspecified atom stereocenters. The number of nitrogens with one attached hydrogen (secondary N) is 1. The molecule has 0 saturated carbocycles. The van der Waals surface area contributed by atoms with Crippen molar-refractivity contribution in [3.63, 3.8) is 0 Å². The van der Waals surface area contributed by atoms with E-state index in [9.17, 15) is 9.18 Å². The van der Waals surface area contributed by atoms with E-state index in [0.717, 1.165) is 11.3 Å². The number of rotatable bonds is 5. The SMILES string of the molecule is Cc1cccc(NC(=O)N(C)CCOc2ccc(F)cc2)c1.